The molecule has 1 aromatic carbocycles. The predicted molar refractivity (Wildman–Crippen MR) is 50.9 cm³/mol. The van der Waals surface area contributed by atoms with Gasteiger partial charge >= 0.3 is 0 Å². The Morgan fingerprint density at radius 1 is 1.13 bits per heavy atom. The van der Waals surface area contributed by atoms with E-state index in [-0.39, 0.29) is 12.7 Å². The Morgan fingerprint density at radius 3 is 2.67 bits per heavy atom. The molecule has 2 heterocycles. The molecule has 0 saturated carbocycles. The standard InChI is InChI=1S/C11H12O4/c12-8-6-13-11-9(8)14-10(15-11)7-4-2-1-3-5-7/h1-5,8-12H,6H2/t8-,9?,10?,11-/m1/s1. The van der Waals surface area contributed by atoms with E-state index >= 15 is 0 Å². The first kappa shape index (κ1) is 9.30. The van der Waals surface area contributed by atoms with Crippen molar-refractivity contribution in [3.63, 3.8) is 0 Å². The van der Waals surface area contributed by atoms with Crippen LogP contribution in [0.1, 0.15) is 11.9 Å². The zero-order valence-corrected chi connectivity index (χ0v) is 8.08. The zero-order valence-electron chi connectivity index (χ0n) is 8.08. The molecule has 80 valence electrons. The summed E-state index contributed by atoms with van der Waals surface area (Å²) in [5.74, 6) is 0. The molecule has 1 N–H and O–H groups in total. The number of aliphatic hydroxyl groups excluding tert-OH is 1. The second-order valence-corrected chi connectivity index (χ2v) is 3.75. The summed E-state index contributed by atoms with van der Waals surface area (Å²) in [6.07, 6.45) is -1.78. The van der Waals surface area contributed by atoms with Crippen LogP contribution in [-0.4, -0.2) is 30.2 Å². The first-order valence-electron chi connectivity index (χ1n) is 5.00. The molecule has 4 atom stereocenters. The molecule has 2 fully saturated rings. The average molecular weight is 208 g/mol. The molecule has 0 aliphatic carbocycles. The Kier molecular flexibility index (Phi) is 2.21. The van der Waals surface area contributed by atoms with Crippen molar-refractivity contribution >= 4 is 0 Å². The van der Waals surface area contributed by atoms with Gasteiger partial charge in [0, 0.05) is 5.56 Å². The summed E-state index contributed by atoms with van der Waals surface area (Å²) in [5.41, 5.74) is 0.947. The summed E-state index contributed by atoms with van der Waals surface area (Å²) in [7, 11) is 0. The van der Waals surface area contributed by atoms with Gasteiger partial charge in [0.25, 0.3) is 0 Å². The number of hydrogen-bond acceptors (Lipinski definition) is 4. The normalized spacial score (nSPS) is 39.3. The van der Waals surface area contributed by atoms with E-state index in [0.29, 0.717) is 0 Å². The maximum Gasteiger partial charge on any atom is 0.190 e. The van der Waals surface area contributed by atoms with Crippen molar-refractivity contribution in [3.8, 4) is 0 Å². The summed E-state index contributed by atoms with van der Waals surface area (Å²) in [4.78, 5) is 0. The van der Waals surface area contributed by atoms with Crippen LogP contribution in [0, 0.1) is 0 Å². The van der Waals surface area contributed by atoms with E-state index in [1.807, 2.05) is 30.3 Å². The summed E-state index contributed by atoms with van der Waals surface area (Å²) in [5, 5.41) is 9.53. The lowest BCUT2D eigenvalue weighted by atomic mass is 10.2. The van der Waals surface area contributed by atoms with Crippen molar-refractivity contribution in [2.45, 2.75) is 24.8 Å². The van der Waals surface area contributed by atoms with Crippen LogP contribution in [0.4, 0.5) is 0 Å². The molecule has 4 heteroatoms. The average Bonchev–Trinajstić information content (AvgIpc) is 2.83. The van der Waals surface area contributed by atoms with E-state index in [1.165, 1.54) is 0 Å². The summed E-state index contributed by atoms with van der Waals surface area (Å²) < 4.78 is 16.4. The van der Waals surface area contributed by atoms with E-state index in [0.717, 1.165) is 5.56 Å². The predicted octanol–water partition coefficient (Wildman–Crippen LogP) is 0.818. The van der Waals surface area contributed by atoms with Gasteiger partial charge in [-0.3, -0.25) is 0 Å². The summed E-state index contributed by atoms with van der Waals surface area (Å²) >= 11 is 0. The van der Waals surface area contributed by atoms with Gasteiger partial charge in [-0.2, -0.15) is 0 Å². The molecule has 1 aromatic rings. The maximum absolute atomic E-state index is 9.53. The van der Waals surface area contributed by atoms with E-state index in [1.54, 1.807) is 0 Å². The Bertz CT molecular complexity index is 340. The van der Waals surface area contributed by atoms with E-state index in [9.17, 15) is 5.11 Å². The van der Waals surface area contributed by atoms with Crippen molar-refractivity contribution in [2.24, 2.45) is 0 Å². The number of hydrogen-bond donors (Lipinski definition) is 1. The molecule has 0 aromatic heterocycles. The zero-order chi connectivity index (χ0) is 10.3. The molecule has 4 nitrogen and oxygen atoms in total. The van der Waals surface area contributed by atoms with Crippen molar-refractivity contribution < 1.29 is 19.3 Å². The van der Waals surface area contributed by atoms with Crippen LogP contribution in [0.15, 0.2) is 30.3 Å². The fourth-order valence-corrected chi connectivity index (χ4v) is 1.90. The molecular formula is C11H12O4. The van der Waals surface area contributed by atoms with Gasteiger partial charge in [0.05, 0.1) is 6.61 Å². The maximum atomic E-state index is 9.53. The largest absolute Gasteiger partial charge is 0.388 e. The first-order valence-corrected chi connectivity index (χ1v) is 5.00. The van der Waals surface area contributed by atoms with Crippen molar-refractivity contribution in [1.29, 1.82) is 0 Å². The van der Waals surface area contributed by atoms with Crippen LogP contribution in [0.25, 0.3) is 0 Å². The monoisotopic (exact) mass is 208 g/mol. The minimum atomic E-state index is -0.580. The second-order valence-electron chi connectivity index (χ2n) is 3.75. The molecule has 0 spiro atoms. The minimum Gasteiger partial charge on any atom is -0.388 e. The molecule has 2 saturated heterocycles. The highest BCUT2D eigenvalue weighted by Gasteiger charge is 2.46. The SMILES string of the molecule is O[C@@H]1CO[C@@H]2OC(c3ccccc3)OC21. The van der Waals surface area contributed by atoms with Crippen molar-refractivity contribution in [1.82, 2.24) is 0 Å². The Hall–Kier alpha value is -0.940. The highest BCUT2D eigenvalue weighted by atomic mass is 16.8. The quantitative estimate of drug-likeness (QED) is 0.742. The van der Waals surface area contributed by atoms with Crippen LogP contribution in [0.2, 0.25) is 0 Å². The number of rotatable bonds is 1. The van der Waals surface area contributed by atoms with Gasteiger partial charge in [-0.1, -0.05) is 30.3 Å². The number of ether oxygens (including phenoxy) is 3. The van der Waals surface area contributed by atoms with Crippen LogP contribution in [-0.2, 0) is 14.2 Å². The highest BCUT2D eigenvalue weighted by Crippen LogP contribution is 2.36. The van der Waals surface area contributed by atoms with E-state index < -0.39 is 18.7 Å². The smallest absolute Gasteiger partial charge is 0.190 e. The molecule has 15 heavy (non-hydrogen) atoms. The first-order chi connectivity index (χ1) is 7.34. The van der Waals surface area contributed by atoms with Crippen molar-refractivity contribution in [2.75, 3.05) is 6.61 Å². The van der Waals surface area contributed by atoms with Gasteiger partial charge in [-0.25, -0.2) is 0 Å². The van der Waals surface area contributed by atoms with Crippen LogP contribution >= 0.6 is 0 Å². The lowest BCUT2D eigenvalue weighted by Crippen LogP contribution is -2.27. The van der Waals surface area contributed by atoms with Crippen LogP contribution in [0.5, 0.6) is 0 Å². The van der Waals surface area contributed by atoms with Gasteiger partial charge < -0.3 is 19.3 Å². The molecule has 2 unspecified atom stereocenters. The number of benzene rings is 1. The Labute approximate surface area is 87.4 Å². The molecule has 2 aliphatic rings. The Morgan fingerprint density at radius 2 is 1.93 bits per heavy atom. The van der Waals surface area contributed by atoms with E-state index in [4.69, 9.17) is 14.2 Å². The topological polar surface area (TPSA) is 47.9 Å². The lowest BCUT2D eigenvalue weighted by Gasteiger charge is -2.12. The summed E-state index contributed by atoms with van der Waals surface area (Å²) in [6.45, 7) is 0.289. The van der Waals surface area contributed by atoms with Gasteiger partial charge in [0.15, 0.2) is 12.6 Å². The fourth-order valence-electron chi connectivity index (χ4n) is 1.90. The minimum absolute atomic E-state index is 0.289. The lowest BCUT2D eigenvalue weighted by molar-refractivity contribution is -0.148. The third-order valence-corrected chi connectivity index (χ3v) is 2.69. The van der Waals surface area contributed by atoms with Crippen LogP contribution < -0.4 is 0 Å². The van der Waals surface area contributed by atoms with Gasteiger partial charge in [0.2, 0.25) is 0 Å². The molecule has 0 amide bonds. The third-order valence-electron chi connectivity index (χ3n) is 2.69. The molecule has 0 radical (unpaired) electrons. The van der Waals surface area contributed by atoms with E-state index in [2.05, 4.69) is 0 Å². The number of aliphatic hydroxyl groups is 1. The van der Waals surface area contributed by atoms with Gasteiger partial charge in [-0.15, -0.1) is 0 Å². The molecule has 3 rings (SSSR count). The third kappa shape index (κ3) is 1.55. The van der Waals surface area contributed by atoms with Crippen LogP contribution in [0.3, 0.4) is 0 Å². The number of fused-ring (bicyclic) bond motifs is 1. The highest BCUT2D eigenvalue weighted by molar-refractivity contribution is 5.16. The molecule has 0 bridgehead atoms. The van der Waals surface area contributed by atoms with Crippen molar-refractivity contribution in [3.05, 3.63) is 35.9 Å². The second kappa shape index (κ2) is 3.57. The summed E-state index contributed by atoms with van der Waals surface area (Å²) in [6, 6.07) is 9.64. The fraction of sp³-hybridized carbons (Fsp3) is 0.455. The molecule has 2 aliphatic heterocycles. The molecular weight excluding hydrogens is 196 g/mol. The Balaban J connectivity index is 1.77. The van der Waals surface area contributed by atoms with Gasteiger partial charge in [-0.05, 0) is 0 Å². The van der Waals surface area contributed by atoms with Gasteiger partial charge in [0.1, 0.15) is 12.2 Å².